The highest BCUT2D eigenvalue weighted by atomic mass is 16.5. The molecule has 2 bridgehead atoms. The van der Waals surface area contributed by atoms with Crippen LogP contribution in [0.1, 0.15) is 39.2 Å². The number of Topliss-reactive ketones (excluding diaryl/α,β-unsaturated/α-hetero) is 1. The topological polar surface area (TPSA) is 26.3 Å². The molecule has 2 nitrogen and oxygen atoms in total. The number of ether oxygens (including phenoxy) is 1. The zero-order valence-corrected chi connectivity index (χ0v) is 12.7. The van der Waals surface area contributed by atoms with Crippen molar-refractivity contribution in [2.45, 2.75) is 33.6 Å². The van der Waals surface area contributed by atoms with E-state index in [9.17, 15) is 4.79 Å². The Morgan fingerprint density at radius 2 is 1.85 bits per heavy atom. The first kappa shape index (κ1) is 13.4. The molecule has 3 rings (SSSR count). The second-order valence-corrected chi connectivity index (χ2v) is 6.85. The third-order valence-electron chi connectivity index (χ3n) is 5.80. The monoisotopic (exact) mass is 270 g/mol. The van der Waals surface area contributed by atoms with E-state index in [1.165, 1.54) is 0 Å². The van der Waals surface area contributed by atoms with E-state index in [-0.39, 0.29) is 10.8 Å². The number of allylic oxidation sites excluding steroid dienone is 1. The van der Waals surface area contributed by atoms with Crippen molar-refractivity contribution >= 4 is 11.9 Å². The summed E-state index contributed by atoms with van der Waals surface area (Å²) in [6, 6.07) is 7.91. The maximum atomic E-state index is 12.7. The van der Waals surface area contributed by atoms with Crippen molar-refractivity contribution in [3.63, 3.8) is 0 Å². The molecule has 2 aliphatic rings. The van der Waals surface area contributed by atoms with Crippen molar-refractivity contribution < 1.29 is 9.53 Å². The van der Waals surface area contributed by atoms with Gasteiger partial charge in [0.25, 0.3) is 0 Å². The van der Waals surface area contributed by atoms with Crippen LogP contribution in [0.25, 0.3) is 6.08 Å². The molecule has 0 spiro atoms. The molecule has 20 heavy (non-hydrogen) atoms. The van der Waals surface area contributed by atoms with Crippen LogP contribution < -0.4 is 4.74 Å². The predicted octanol–water partition coefficient (Wildman–Crippen LogP) is 4.10. The number of benzene rings is 1. The van der Waals surface area contributed by atoms with Gasteiger partial charge in [-0.05, 0) is 53.5 Å². The summed E-state index contributed by atoms with van der Waals surface area (Å²) >= 11 is 0. The van der Waals surface area contributed by atoms with Gasteiger partial charge >= 0.3 is 0 Å². The Balaban J connectivity index is 1.99. The van der Waals surface area contributed by atoms with Crippen LogP contribution in [0.3, 0.4) is 0 Å². The summed E-state index contributed by atoms with van der Waals surface area (Å²) in [5.41, 5.74) is 2.02. The van der Waals surface area contributed by atoms with Gasteiger partial charge in [-0.2, -0.15) is 0 Å². The average molecular weight is 270 g/mol. The summed E-state index contributed by atoms with van der Waals surface area (Å²) in [7, 11) is 1.66. The maximum absolute atomic E-state index is 12.7. The fraction of sp³-hybridized carbons (Fsp3) is 0.500. The second kappa shape index (κ2) is 4.21. The fourth-order valence-corrected chi connectivity index (χ4v) is 3.97. The molecule has 0 aromatic heterocycles. The Kier molecular flexibility index (Phi) is 2.82. The van der Waals surface area contributed by atoms with Crippen LogP contribution in [0.15, 0.2) is 29.8 Å². The van der Waals surface area contributed by atoms with Crippen LogP contribution in [0.2, 0.25) is 0 Å². The van der Waals surface area contributed by atoms with Gasteiger partial charge in [-0.3, -0.25) is 4.79 Å². The van der Waals surface area contributed by atoms with Crippen LogP contribution >= 0.6 is 0 Å². The summed E-state index contributed by atoms with van der Waals surface area (Å²) in [5, 5.41) is 0. The van der Waals surface area contributed by atoms with Gasteiger partial charge in [0.15, 0.2) is 5.78 Å². The molecule has 106 valence electrons. The van der Waals surface area contributed by atoms with E-state index in [4.69, 9.17) is 4.74 Å². The standard InChI is InChI=1S/C18H22O2/c1-17(2)15-9-10-18(17,3)16(19)14(15)11-12-5-7-13(20-4)8-6-12/h5-8,11,15H,9-10H2,1-4H3/b14-11-/t15-,18-/m0/s1. The molecule has 0 saturated heterocycles. The van der Waals surface area contributed by atoms with Crippen molar-refractivity contribution in [2.75, 3.05) is 7.11 Å². The van der Waals surface area contributed by atoms with Crippen LogP contribution in [-0.2, 0) is 4.79 Å². The molecule has 0 radical (unpaired) electrons. The number of hydrogen-bond acceptors (Lipinski definition) is 2. The van der Waals surface area contributed by atoms with E-state index >= 15 is 0 Å². The highest BCUT2D eigenvalue weighted by Crippen LogP contribution is 2.65. The van der Waals surface area contributed by atoms with Gasteiger partial charge in [0.1, 0.15) is 5.75 Å². The fourth-order valence-electron chi connectivity index (χ4n) is 3.97. The van der Waals surface area contributed by atoms with Gasteiger partial charge in [-0.1, -0.05) is 32.9 Å². The molecular weight excluding hydrogens is 248 g/mol. The quantitative estimate of drug-likeness (QED) is 0.756. The largest absolute Gasteiger partial charge is 0.497 e. The van der Waals surface area contributed by atoms with E-state index in [0.29, 0.717) is 11.7 Å². The lowest BCUT2D eigenvalue weighted by Crippen LogP contribution is -2.32. The highest BCUT2D eigenvalue weighted by Gasteiger charge is 2.63. The molecule has 0 N–H and O–H groups in total. The Labute approximate surface area is 120 Å². The second-order valence-electron chi connectivity index (χ2n) is 6.85. The lowest BCUT2D eigenvalue weighted by atomic mass is 9.70. The molecule has 0 unspecified atom stereocenters. The molecule has 2 atom stereocenters. The number of carbonyl (C=O) groups excluding carboxylic acids is 1. The summed E-state index contributed by atoms with van der Waals surface area (Å²) in [6.07, 6.45) is 4.25. The zero-order valence-electron chi connectivity index (χ0n) is 12.7. The predicted molar refractivity (Wildman–Crippen MR) is 80.6 cm³/mol. The molecule has 2 heteroatoms. The van der Waals surface area contributed by atoms with Gasteiger partial charge in [0.2, 0.25) is 0 Å². The normalized spacial score (nSPS) is 32.9. The molecule has 2 fully saturated rings. The number of ketones is 1. The first-order valence-corrected chi connectivity index (χ1v) is 7.30. The van der Waals surface area contributed by atoms with Crippen LogP contribution in [0.5, 0.6) is 5.75 Å². The van der Waals surface area contributed by atoms with Gasteiger partial charge < -0.3 is 4.74 Å². The van der Waals surface area contributed by atoms with Crippen LogP contribution in [0, 0.1) is 16.7 Å². The average Bonchev–Trinajstić information content (AvgIpc) is 2.74. The Morgan fingerprint density at radius 1 is 1.20 bits per heavy atom. The maximum Gasteiger partial charge on any atom is 0.165 e. The molecule has 2 saturated carbocycles. The molecule has 1 aromatic rings. The van der Waals surface area contributed by atoms with Gasteiger partial charge in [-0.25, -0.2) is 0 Å². The van der Waals surface area contributed by atoms with E-state index in [0.717, 1.165) is 29.7 Å². The lowest BCUT2D eigenvalue weighted by Gasteiger charge is -2.31. The Hall–Kier alpha value is -1.57. The van der Waals surface area contributed by atoms with Gasteiger partial charge in [-0.15, -0.1) is 0 Å². The third kappa shape index (κ3) is 1.60. The number of methoxy groups -OCH3 is 1. The molecule has 1 aromatic carbocycles. The van der Waals surface area contributed by atoms with Crippen molar-refractivity contribution in [1.29, 1.82) is 0 Å². The number of hydrogen-bond donors (Lipinski definition) is 0. The van der Waals surface area contributed by atoms with E-state index in [1.54, 1.807) is 7.11 Å². The van der Waals surface area contributed by atoms with Gasteiger partial charge in [0, 0.05) is 5.41 Å². The van der Waals surface area contributed by atoms with Gasteiger partial charge in [0.05, 0.1) is 7.11 Å². The van der Waals surface area contributed by atoms with Crippen molar-refractivity contribution in [2.24, 2.45) is 16.7 Å². The highest BCUT2D eigenvalue weighted by molar-refractivity contribution is 6.07. The summed E-state index contributed by atoms with van der Waals surface area (Å²) in [5.74, 6) is 1.61. The van der Waals surface area contributed by atoms with E-state index in [2.05, 4.69) is 26.8 Å². The first-order chi connectivity index (χ1) is 9.40. The van der Waals surface area contributed by atoms with Crippen LogP contribution in [0.4, 0.5) is 0 Å². The third-order valence-corrected chi connectivity index (χ3v) is 5.80. The molecule has 0 heterocycles. The molecule has 0 aliphatic heterocycles. The lowest BCUT2D eigenvalue weighted by molar-refractivity contribution is -0.125. The SMILES string of the molecule is COc1ccc(/C=C2\C(=O)[C@]3(C)CC[C@@H]2C3(C)C)cc1. The number of carbonyl (C=O) groups is 1. The minimum Gasteiger partial charge on any atom is -0.497 e. The van der Waals surface area contributed by atoms with Crippen molar-refractivity contribution in [3.05, 3.63) is 35.4 Å². The zero-order chi connectivity index (χ0) is 14.5. The van der Waals surface area contributed by atoms with E-state index < -0.39 is 0 Å². The Bertz CT molecular complexity index is 580. The van der Waals surface area contributed by atoms with Crippen molar-refractivity contribution in [1.82, 2.24) is 0 Å². The summed E-state index contributed by atoms with van der Waals surface area (Å²) in [4.78, 5) is 12.7. The first-order valence-electron chi connectivity index (χ1n) is 7.30. The number of fused-ring (bicyclic) bond motifs is 2. The Morgan fingerprint density at radius 3 is 2.35 bits per heavy atom. The van der Waals surface area contributed by atoms with E-state index in [1.807, 2.05) is 24.3 Å². The molecule has 0 amide bonds. The number of rotatable bonds is 2. The minimum atomic E-state index is -0.171. The molecular formula is C18H22O2. The molecule has 2 aliphatic carbocycles. The summed E-state index contributed by atoms with van der Waals surface area (Å²) < 4.78 is 5.17. The smallest absolute Gasteiger partial charge is 0.165 e. The minimum absolute atomic E-state index is 0.0857. The van der Waals surface area contributed by atoms with Crippen molar-refractivity contribution in [3.8, 4) is 5.75 Å². The van der Waals surface area contributed by atoms with Crippen LogP contribution in [-0.4, -0.2) is 12.9 Å². The summed E-state index contributed by atoms with van der Waals surface area (Å²) in [6.45, 7) is 6.64.